The number of aliphatic hydroxyl groups is 1. The first-order valence-corrected chi connectivity index (χ1v) is 10.5. The predicted molar refractivity (Wildman–Crippen MR) is 111 cm³/mol. The molecular formula is C24H26F2N2O2. The third-order valence-corrected chi connectivity index (χ3v) is 5.88. The predicted octanol–water partition coefficient (Wildman–Crippen LogP) is 3.36. The monoisotopic (exact) mass is 412 g/mol. The summed E-state index contributed by atoms with van der Waals surface area (Å²) in [6, 6.07) is 9.88. The van der Waals surface area contributed by atoms with Crippen molar-refractivity contribution in [3.63, 3.8) is 0 Å². The lowest BCUT2D eigenvalue weighted by molar-refractivity contribution is -0.0713. The Labute approximate surface area is 175 Å². The van der Waals surface area contributed by atoms with Crippen LogP contribution in [0.1, 0.15) is 36.1 Å². The number of nitrogens with zero attached hydrogens (tertiary/aromatic N) is 2. The number of benzene rings is 1. The van der Waals surface area contributed by atoms with Gasteiger partial charge in [-0.05, 0) is 49.7 Å². The molecule has 4 heterocycles. The van der Waals surface area contributed by atoms with Crippen LogP contribution in [-0.2, 0) is 6.42 Å². The number of aromatic nitrogens is 1. The zero-order valence-electron chi connectivity index (χ0n) is 16.9. The highest BCUT2D eigenvalue weighted by molar-refractivity contribution is 5.44. The molecule has 3 aliphatic rings. The number of halogens is 2. The van der Waals surface area contributed by atoms with Gasteiger partial charge in [0.25, 0.3) is 0 Å². The normalized spacial score (nSPS) is 24.9. The molecule has 5 rings (SSSR count). The fourth-order valence-electron chi connectivity index (χ4n) is 4.24. The van der Waals surface area contributed by atoms with Crippen LogP contribution in [0.15, 0.2) is 36.4 Å². The van der Waals surface area contributed by atoms with E-state index in [1.165, 1.54) is 12.1 Å². The van der Waals surface area contributed by atoms with Crippen molar-refractivity contribution in [2.24, 2.45) is 5.92 Å². The van der Waals surface area contributed by atoms with E-state index in [1.54, 1.807) is 12.1 Å². The molecule has 0 saturated carbocycles. The smallest absolute Gasteiger partial charge is 0.213 e. The first-order valence-electron chi connectivity index (χ1n) is 10.5. The molecule has 0 aliphatic carbocycles. The van der Waals surface area contributed by atoms with Crippen LogP contribution in [0.5, 0.6) is 5.88 Å². The van der Waals surface area contributed by atoms with Gasteiger partial charge in [-0.3, -0.25) is 9.29 Å². The Morgan fingerprint density at radius 1 is 1.23 bits per heavy atom. The van der Waals surface area contributed by atoms with E-state index in [2.05, 4.69) is 21.7 Å². The average molecular weight is 412 g/mol. The molecule has 2 aromatic rings. The van der Waals surface area contributed by atoms with Gasteiger partial charge in [-0.15, -0.1) is 0 Å². The van der Waals surface area contributed by atoms with Gasteiger partial charge >= 0.3 is 0 Å². The van der Waals surface area contributed by atoms with Crippen LogP contribution in [0.3, 0.4) is 0 Å². The Morgan fingerprint density at radius 3 is 2.77 bits per heavy atom. The molecule has 3 saturated heterocycles. The number of hydrogen-bond donors (Lipinski definition) is 1. The van der Waals surface area contributed by atoms with Crippen molar-refractivity contribution in [2.45, 2.75) is 31.3 Å². The maximum Gasteiger partial charge on any atom is 0.213 e. The molecule has 1 N–H and O–H groups in total. The zero-order valence-corrected chi connectivity index (χ0v) is 16.9. The van der Waals surface area contributed by atoms with Crippen molar-refractivity contribution in [3.8, 4) is 17.7 Å². The van der Waals surface area contributed by atoms with Gasteiger partial charge in [0, 0.05) is 36.9 Å². The van der Waals surface area contributed by atoms with E-state index in [4.69, 9.17) is 4.74 Å². The lowest BCUT2D eigenvalue weighted by Gasteiger charge is -2.47. The standard InChI is InChI=1S/C24H26F2N2O2/c25-11-2-14-30-23-6-5-19(22(27-23)16-18-3-1-4-21(26)15-18)7-10-24(29)17-28-12-8-20(24)9-13-28/h1,3-6,15,20,29H,2,8-9,11-14,16-17H2/t24-/m1/s1. The number of pyridine rings is 1. The van der Waals surface area contributed by atoms with Gasteiger partial charge in [0.1, 0.15) is 11.4 Å². The summed E-state index contributed by atoms with van der Waals surface area (Å²) in [6.45, 7) is 2.40. The number of rotatable bonds is 6. The van der Waals surface area contributed by atoms with E-state index in [1.807, 2.05) is 12.1 Å². The van der Waals surface area contributed by atoms with E-state index >= 15 is 0 Å². The van der Waals surface area contributed by atoms with Gasteiger partial charge in [0.2, 0.25) is 5.88 Å². The molecule has 0 amide bonds. The summed E-state index contributed by atoms with van der Waals surface area (Å²) in [5, 5.41) is 11.1. The molecule has 30 heavy (non-hydrogen) atoms. The van der Waals surface area contributed by atoms with Crippen molar-refractivity contribution in [3.05, 3.63) is 59.0 Å². The largest absolute Gasteiger partial charge is 0.478 e. The minimum Gasteiger partial charge on any atom is -0.478 e. The minimum absolute atomic E-state index is 0.193. The molecule has 6 heteroatoms. The van der Waals surface area contributed by atoms with Crippen LogP contribution in [-0.4, -0.2) is 53.5 Å². The quantitative estimate of drug-likeness (QED) is 0.584. The summed E-state index contributed by atoms with van der Waals surface area (Å²) >= 11 is 0. The second-order valence-electron chi connectivity index (χ2n) is 8.07. The molecule has 0 unspecified atom stereocenters. The van der Waals surface area contributed by atoms with E-state index < -0.39 is 12.3 Å². The number of fused-ring (bicyclic) bond motifs is 3. The summed E-state index contributed by atoms with van der Waals surface area (Å²) < 4.78 is 31.5. The molecule has 0 spiro atoms. The molecule has 2 bridgehead atoms. The van der Waals surface area contributed by atoms with Gasteiger partial charge in [-0.1, -0.05) is 24.0 Å². The molecule has 3 aliphatic heterocycles. The fraction of sp³-hybridized carbons (Fsp3) is 0.458. The summed E-state index contributed by atoms with van der Waals surface area (Å²) in [5.41, 5.74) is 1.09. The van der Waals surface area contributed by atoms with E-state index in [0.717, 1.165) is 31.5 Å². The summed E-state index contributed by atoms with van der Waals surface area (Å²) in [5.74, 6) is 6.53. The Bertz CT molecular complexity index is 948. The summed E-state index contributed by atoms with van der Waals surface area (Å²) in [4.78, 5) is 6.79. The Hall–Kier alpha value is -2.49. The average Bonchev–Trinajstić information content (AvgIpc) is 2.74. The maximum atomic E-state index is 13.6. The lowest BCUT2D eigenvalue weighted by atomic mass is 9.75. The Kier molecular flexibility index (Phi) is 6.31. The van der Waals surface area contributed by atoms with Crippen LogP contribution < -0.4 is 4.74 Å². The minimum atomic E-state index is -1.01. The van der Waals surface area contributed by atoms with Crippen molar-refractivity contribution >= 4 is 0 Å². The zero-order chi connectivity index (χ0) is 21.0. The number of alkyl halides is 1. The molecule has 158 valence electrons. The van der Waals surface area contributed by atoms with E-state index in [-0.39, 0.29) is 18.3 Å². The SMILES string of the molecule is O[C@]1(C#Cc2ccc(OCCCF)nc2Cc2cccc(F)c2)CN2CCC1CC2. The molecule has 0 radical (unpaired) electrons. The van der Waals surface area contributed by atoms with E-state index in [9.17, 15) is 13.9 Å². The van der Waals surface area contributed by atoms with E-state index in [0.29, 0.717) is 36.5 Å². The highest BCUT2D eigenvalue weighted by atomic mass is 19.1. The third kappa shape index (κ3) is 4.80. The van der Waals surface area contributed by atoms with Gasteiger partial charge in [-0.2, -0.15) is 0 Å². The third-order valence-electron chi connectivity index (χ3n) is 5.88. The lowest BCUT2D eigenvalue weighted by Crippen LogP contribution is -2.58. The van der Waals surface area contributed by atoms with Crippen LogP contribution in [0.4, 0.5) is 8.78 Å². The number of ether oxygens (including phenoxy) is 1. The topological polar surface area (TPSA) is 45.6 Å². The van der Waals surface area contributed by atoms with Gasteiger partial charge in [0.15, 0.2) is 0 Å². The summed E-state index contributed by atoms with van der Waals surface area (Å²) in [7, 11) is 0. The van der Waals surface area contributed by atoms with Crippen LogP contribution in [0, 0.1) is 23.6 Å². The van der Waals surface area contributed by atoms with Gasteiger partial charge in [0.05, 0.1) is 19.0 Å². The van der Waals surface area contributed by atoms with Gasteiger partial charge < -0.3 is 9.84 Å². The second kappa shape index (κ2) is 9.11. The summed E-state index contributed by atoms with van der Waals surface area (Å²) in [6.07, 6.45) is 2.60. The molecule has 1 atom stereocenters. The molecule has 4 nitrogen and oxygen atoms in total. The maximum absolute atomic E-state index is 13.6. The molecule has 3 fully saturated rings. The molecular weight excluding hydrogens is 386 g/mol. The second-order valence-corrected chi connectivity index (χ2v) is 8.07. The Balaban J connectivity index is 1.61. The highest BCUT2D eigenvalue weighted by Crippen LogP contribution is 2.35. The van der Waals surface area contributed by atoms with Crippen molar-refractivity contribution in [2.75, 3.05) is 32.9 Å². The van der Waals surface area contributed by atoms with Crippen molar-refractivity contribution < 1.29 is 18.6 Å². The van der Waals surface area contributed by atoms with Crippen LogP contribution in [0.2, 0.25) is 0 Å². The first kappa shape index (κ1) is 20.8. The van der Waals surface area contributed by atoms with Crippen molar-refractivity contribution in [1.82, 2.24) is 9.88 Å². The van der Waals surface area contributed by atoms with Crippen molar-refractivity contribution in [1.29, 1.82) is 0 Å². The molecule has 1 aromatic heterocycles. The number of piperidine rings is 3. The highest BCUT2D eigenvalue weighted by Gasteiger charge is 2.44. The van der Waals surface area contributed by atoms with Gasteiger partial charge in [-0.25, -0.2) is 9.37 Å². The molecule has 1 aromatic carbocycles. The fourth-order valence-corrected chi connectivity index (χ4v) is 4.24. The number of hydrogen-bond acceptors (Lipinski definition) is 4. The van der Waals surface area contributed by atoms with Crippen LogP contribution in [0.25, 0.3) is 0 Å². The Morgan fingerprint density at radius 2 is 2.07 bits per heavy atom. The first-order chi connectivity index (χ1) is 14.6. The van der Waals surface area contributed by atoms with Crippen LogP contribution >= 0.6 is 0 Å².